The van der Waals surface area contributed by atoms with Crippen molar-refractivity contribution >= 4 is 21.4 Å². The number of benzene rings is 3. The van der Waals surface area contributed by atoms with E-state index in [2.05, 4.69) is 72.6 Å². The highest BCUT2D eigenvalue weighted by atomic mass is 32.2. The van der Waals surface area contributed by atoms with Gasteiger partial charge in [0.15, 0.2) is 0 Å². The number of allylic oxidation sites excluding steroid dienone is 3. The normalized spacial score (nSPS) is 14.2. The number of hydrogen-bond donors (Lipinski definition) is 2. The van der Waals surface area contributed by atoms with Gasteiger partial charge in [0, 0.05) is 17.0 Å². The van der Waals surface area contributed by atoms with Crippen LogP contribution in [0.5, 0.6) is 0 Å². The second-order valence-corrected chi connectivity index (χ2v) is 9.57. The average molecular weight is 483 g/mol. The first-order valence-electron chi connectivity index (χ1n) is 11.1. The molecule has 0 amide bonds. The zero-order valence-electron chi connectivity index (χ0n) is 19.5. The second kappa shape index (κ2) is 10.5. The Hall–Kier alpha value is -4.00. The molecule has 6 heteroatoms. The minimum Gasteiger partial charge on any atom is -0.355 e. The molecule has 0 spiro atoms. The van der Waals surface area contributed by atoms with E-state index in [9.17, 15) is 8.42 Å². The Balaban J connectivity index is 0.000000221. The van der Waals surface area contributed by atoms with Gasteiger partial charge < -0.3 is 4.98 Å². The number of hydrogen-bond acceptors (Lipinski definition) is 3. The number of H-pyrrole nitrogens is 1. The van der Waals surface area contributed by atoms with Crippen molar-refractivity contribution < 1.29 is 13.0 Å². The van der Waals surface area contributed by atoms with Gasteiger partial charge in [-0.05, 0) is 61.4 Å². The van der Waals surface area contributed by atoms with Gasteiger partial charge in [0.2, 0.25) is 0 Å². The van der Waals surface area contributed by atoms with Gasteiger partial charge in [-0.1, -0.05) is 78.4 Å². The summed E-state index contributed by atoms with van der Waals surface area (Å²) < 4.78 is 29.6. The summed E-state index contributed by atoms with van der Waals surface area (Å²) in [7, 11) is -4.02. The molecule has 5 nitrogen and oxygen atoms in total. The molecule has 4 aromatic rings. The lowest BCUT2D eigenvalue weighted by Gasteiger charge is -2.02. The summed E-state index contributed by atoms with van der Waals surface area (Å²) in [6.45, 7) is 3.95. The molecule has 1 aliphatic heterocycles. The Bertz CT molecular complexity index is 1500. The van der Waals surface area contributed by atoms with Gasteiger partial charge in [-0.2, -0.15) is 8.42 Å². The topological polar surface area (TPSA) is 82.5 Å². The van der Waals surface area contributed by atoms with Crippen LogP contribution in [0.4, 0.5) is 0 Å². The summed E-state index contributed by atoms with van der Waals surface area (Å²) in [5.74, 6) is 0. The predicted molar refractivity (Wildman–Crippen MR) is 142 cm³/mol. The highest BCUT2D eigenvalue weighted by Gasteiger charge is 2.12. The highest BCUT2D eigenvalue weighted by molar-refractivity contribution is 7.85. The first-order chi connectivity index (χ1) is 16.8. The smallest absolute Gasteiger partial charge is 0.294 e. The van der Waals surface area contributed by atoms with Crippen molar-refractivity contribution in [3.8, 4) is 11.3 Å². The van der Waals surface area contributed by atoms with E-state index in [0.717, 1.165) is 39.5 Å². The Morgan fingerprint density at radius 2 is 1.37 bits per heavy atom. The van der Waals surface area contributed by atoms with Crippen molar-refractivity contribution in [1.29, 1.82) is 0 Å². The molecule has 0 bridgehead atoms. The van der Waals surface area contributed by atoms with E-state index >= 15 is 0 Å². The molecule has 176 valence electrons. The summed E-state index contributed by atoms with van der Waals surface area (Å²) in [6.07, 6.45) is 4.16. The largest absolute Gasteiger partial charge is 0.355 e. The van der Waals surface area contributed by atoms with Gasteiger partial charge in [0.1, 0.15) is 0 Å². The maximum absolute atomic E-state index is 10.5. The van der Waals surface area contributed by atoms with Crippen LogP contribution in [0.2, 0.25) is 0 Å². The van der Waals surface area contributed by atoms with Crippen LogP contribution >= 0.6 is 0 Å². The molecule has 2 N–H and O–H groups in total. The van der Waals surface area contributed by atoms with Crippen molar-refractivity contribution in [3.05, 3.63) is 132 Å². The average Bonchev–Trinajstić information content (AvgIpc) is 3.56. The van der Waals surface area contributed by atoms with Crippen molar-refractivity contribution in [2.45, 2.75) is 18.7 Å². The number of rotatable bonds is 4. The minimum absolute atomic E-state index is 0.0666. The summed E-state index contributed by atoms with van der Waals surface area (Å²) in [5.41, 5.74) is 8.70. The molecule has 0 fully saturated rings. The fourth-order valence-electron chi connectivity index (χ4n) is 3.59. The standard InChI is InChI=1S/C22H18N2.C7H8O3S/c1-16(19-12-14-21(23-19)17-8-4-2-5-9-17)20-13-15-22(24-20)18-10-6-3-7-11-18;1-6-2-4-7(5-3-6)11(8,9)10/h2-15,23H,1H3;2-5H,1H3,(H,8,9,10)/b20-16-;. The molecule has 0 aliphatic carbocycles. The Morgan fingerprint density at radius 1 is 0.771 bits per heavy atom. The molecule has 0 saturated carbocycles. The third-order valence-corrected chi connectivity index (χ3v) is 6.46. The SMILES string of the molecule is C/C(=C1\C=CC(c2ccccc2)=N1)c1ccc(-c2ccccc2)[nH]1.Cc1ccc(S(=O)(=O)O)cc1. The summed E-state index contributed by atoms with van der Waals surface area (Å²) in [6, 6.07) is 30.9. The van der Waals surface area contributed by atoms with Crippen LogP contribution in [-0.4, -0.2) is 23.7 Å². The van der Waals surface area contributed by atoms with Gasteiger partial charge in [0.05, 0.1) is 16.3 Å². The van der Waals surface area contributed by atoms with Crippen LogP contribution in [0.25, 0.3) is 16.8 Å². The van der Waals surface area contributed by atoms with Crippen LogP contribution in [0.1, 0.15) is 23.7 Å². The van der Waals surface area contributed by atoms with E-state index in [-0.39, 0.29) is 4.90 Å². The molecule has 1 aromatic heterocycles. The Labute approximate surface area is 206 Å². The maximum atomic E-state index is 10.5. The lowest BCUT2D eigenvalue weighted by molar-refractivity contribution is 0.483. The van der Waals surface area contributed by atoms with Gasteiger partial charge in [0.25, 0.3) is 10.1 Å². The maximum Gasteiger partial charge on any atom is 0.294 e. The predicted octanol–water partition coefficient (Wildman–Crippen LogP) is 6.71. The molecule has 5 rings (SSSR count). The van der Waals surface area contributed by atoms with E-state index in [0.29, 0.717) is 0 Å². The molecule has 0 radical (unpaired) electrons. The fraction of sp³-hybridized carbons (Fsp3) is 0.0690. The first kappa shape index (κ1) is 24.1. The van der Waals surface area contributed by atoms with E-state index < -0.39 is 10.1 Å². The lowest BCUT2D eigenvalue weighted by Crippen LogP contribution is -1.96. The van der Waals surface area contributed by atoms with Gasteiger partial charge in [-0.3, -0.25) is 4.55 Å². The van der Waals surface area contributed by atoms with Crippen molar-refractivity contribution in [1.82, 2.24) is 4.98 Å². The Kier molecular flexibility index (Phi) is 7.25. The summed E-state index contributed by atoms with van der Waals surface area (Å²) >= 11 is 0. The number of nitrogens with zero attached hydrogens (tertiary/aromatic N) is 1. The Morgan fingerprint density at radius 3 is 1.97 bits per heavy atom. The molecule has 2 heterocycles. The number of aromatic nitrogens is 1. The van der Waals surface area contributed by atoms with E-state index in [1.165, 1.54) is 17.7 Å². The quantitative estimate of drug-likeness (QED) is 0.317. The third kappa shape index (κ3) is 6.12. The summed E-state index contributed by atoms with van der Waals surface area (Å²) in [4.78, 5) is 8.21. The molecule has 3 aromatic carbocycles. The molecule has 0 unspecified atom stereocenters. The molecule has 35 heavy (non-hydrogen) atoms. The fourth-order valence-corrected chi connectivity index (χ4v) is 4.07. The van der Waals surface area contributed by atoms with E-state index in [1.807, 2.05) is 31.2 Å². The van der Waals surface area contributed by atoms with Crippen LogP contribution < -0.4 is 0 Å². The first-order valence-corrected chi connectivity index (χ1v) is 12.6. The van der Waals surface area contributed by atoms with Gasteiger partial charge >= 0.3 is 0 Å². The third-order valence-electron chi connectivity index (χ3n) is 5.59. The van der Waals surface area contributed by atoms with E-state index in [4.69, 9.17) is 9.55 Å². The molecule has 1 aliphatic rings. The zero-order chi connectivity index (χ0) is 24.8. The van der Waals surface area contributed by atoms with E-state index in [1.54, 1.807) is 12.1 Å². The van der Waals surface area contributed by atoms with Crippen LogP contribution in [0, 0.1) is 6.92 Å². The van der Waals surface area contributed by atoms with Crippen LogP contribution in [0.15, 0.2) is 125 Å². The van der Waals surface area contributed by atoms with Crippen LogP contribution in [0.3, 0.4) is 0 Å². The number of aliphatic imine (C=N–C) groups is 1. The summed E-state index contributed by atoms with van der Waals surface area (Å²) in [5, 5.41) is 0. The lowest BCUT2D eigenvalue weighted by atomic mass is 10.1. The molecule has 0 atom stereocenters. The molecule has 0 saturated heterocycles. The monoisotopic (exact) mass is 482 g/mol. The highest BCUT2D eigenvalue weighted by Crippen LogP contribution is 2.27. The number of aryl methyl sites for hydroxylation is 1. The van der Waals surface area contributed by atoms with Crippen molar-refractivity contribution in [2.75, 3.05) is 0 Å². The van der Waals surface area contributed by atoms with Crippen molar-refractivity contribution in [3.63, 3.8) is 0 Å². The minimum atomic E-state index is -4.02. The van der Waals surface area contributed by atoms with Crippen molar-refractivity contribution in [2.24, 2.45) is 4.99 Å². The van der Waals surface area contributed by atoms with Gasteiger partial charge in [-0.15, -0.1) is 0 Å². The van der Waals surface area contributed by atoms with Crippen LogP contribution in [-0.2, 0) is 10.1 Å². The zero-order valence-corrected chi connectivity index (χ0v) is 20.3. The molecular weight excluding hydrogens is 456 g/mol. The van der Waals surface area contributed by atoms with Gasteiger partial charge in [-0.25, -0.2) is 4.99 Å². The number of nitrogens with one attached hydrogen (secondary N) is 1. The second-order valence-electron chi connectivity index (χ2n) is 8.15. The molecular formula is C29H26N2O3S. The number of aromatic amines is 1.